The topological polar surface area (TPSA) is 83.4 Å². The number of allylic oxidation sites excluding steroid dienone is 5. The molecule has 1 N–H and O–H groups in total. The number of anilines is 1. The van der Waals surface area contributed by atoms with Crippen molar-refractivity contribution in [1.82, 2.24) is 25.1 Å². The number of carbonyl (C=O) groups excluding carboxylic acids is 2. The Morgan fingerprint density at radius 2 is 1.85 bits per heavy atom. The third kappa shape index (κ3) is 4.46. The van der Waals surface area contributed by atoms with Crippen LogP contribution in [0, 0.1) is 11.2 Å². The van der Waals surface area contributed by atoms with E-state index >= 15 is 8.78 Å². The molecule has 2 saturated carbocycles. The Morgan fingerprint density at radius 1 is 1.07 bits per heavy atom. The van der Waals surface area contributed by atoms with Crippen LogP contribution in [0.4, 0.5) is 18.9 Å². The summed E-state index contributed by atoms with van der Waals surface area (Å²) in [5.41, 5.74) is 5.62. The Hall–Kier alpha value is -4.51. The summed E-state index contributed by atoms with van der Waals surface area (Å²) in [6.07, 6.45) is 8.62. The van der Waals surface area contributed by atoms with Crippen LogP contribution in [0.2, 0.25) is 0 Å². The number of hydrazine groups is 1. The van der Waals surface area contributed by atoms with Gasteiger partial charge in [-0.25, -0.2) is 9.82 Å². The van der Waals surface area contributed by atoms with Crippen molar-refractivity contribution in [1.29, 1.82) is 0 Å². The molecule has 11 heteroatoms. The first-order valence-corrected chi connectivity index (χ1v) is 15.7. The number of amides is 1. The van der Waals surface area contributed by atoms with Crippen molar-refractivity contribution in [2.75, 3.05) is 12.1 Å². The monoisotopic (exact) mass is 626 g/mol. The number of fused-ring (bicyclic) bond motifs is 4. The van der Waals surface area contributed by atoms with Crippen LogP contribution in [-0.4, -0.2) is 50.5 Å². The number of nitrogens with zero attached hydrogens (tertiary/aromatic N) is 5. The molecule has 5 aliphatic carbocycles. The maximum absolute atomic E-state index is 15.9. The molecule has 0 saturated heterocycles. The van der Waals surface area contributed by atoms with E-state index in [9.17, 15) is 14.0 Å². The number of Topliss-reactive ketones (excluding diaryl/α,β-unsaturated/α-hetero) is 1. The number of alkyl halides is 2. The second kappa shape index (κ2) is 10.2. The van der Waals surface area contributed by atoms with E-state index in [4.69, 9.17) is 0 Å². The van der Waals surface area contributed by atoms with Crippen molar-refractivity contribution in [2.24, 2.45) is 12.5 Å². The van der Waals surface area contributed by atoms with Gasteiger partial charge >= 0.3 is 0 Å². The highest BCUT2D eigenvalue weighted by molar-refractivity contribution is 6.02. The first-order valence-electron chi connectivity index (χ1n) is 15.7. The number of pyridine rings is 1. The number of carbonyl (C=O) groups is 2. The van der Waals surface area contributed by atoms with Crippen LogP contribution in [0.25, 0.3) is 0 Å². The molecule has 1 amide bonds. The minimum Gasteiger partial charge on any atom is -0.331 e. The van der Waals surface area contributed by atoms with Crippen molar-refractivity contribution >= 4 is 17.4 Å². The van der Waals surface area contributed by atoms with E-state index in [2.05, 4.69) is 15.5 Å². The number of halogens is 3. The maximum atomic E-state index is 15.9. The van der Waals surface area contributed by atoms with Crippen molar-refractivity contribution in [3.8, 4) is 0 Å². The Bertz CT molecular complexity index is 1890. The first-order chi connectivity index (χ1) is 22.1. The van der Waals surface area contributed by atoms with Gasteiger partial charge in [0, 0.05) is 56.1 Å². The number of rotatable bonds is 6. The molecule has 8 nitrogen and oxygen atoms in total. The fourth-order valence-electron chi connectivity index (χ4n) is 7.77. The number of ketones is 1. The molecule has 3 aromatic rings. The second-order valence-electron chi connectivity index (χ2n) is 13.0. The normalized spacial score (nSPS) is 24.6. The quantitative estimate of drug-likeness (QED) is 0.338. The zero-order chi connectivity index (χ0) is 32.0. The predicted octanol–water partition coefficient (Wildman–Crippen LogP) is 6.01. The van der Waals surface area contributed by atoms with Crippen molar-refractivity contribution < 1.29 is 22.8 Å². The largest absolute Gasteiger partial charge is 0.331 e. The summed E-state index contributed by atoms with van der Waals surface area (Å²) in [4.78, 5) is 35.0. The molecule has 236 valence electrons. The summed E-state index contributed by atoms with van der Waals surface area (Å²) in [6, 6.07) is 10.0. The highest BCUT2D eigenvalue weighted by Crippen LogP contribution is 2.60. The van der Waals surface area contributed by atoms with Crippen LogP contribution in [0.3, 0.4) is 0 Å². The average molecular weight is 627 g/mol. The Labute approximate surface area is 264 Å². The molecule has 0 radical (unpaired) electrons. The lowest BCUT2D eigenvalue weighted by atomic mass is 9.59. The highest BCUT2D eigenvalue weighted by atomic mass is 19.3. The van der Waals surface area contributed by atoms with Gasteiger partial charge < -0.3 is 4.90 Å². The zero-order valence-electron chi connectivity index (χ0n) is 25.6. The number of aromatic nitrogens is 3. The molecular weight excluding hydrogens is 593 g/mol. The summed E-state index contributed by atoms with van der Waals surface area (Å²) in [5.74, 6) is -4.10. The minimum absolute atomic E-state index is 0.00857. The van der Waals surface area contributed by atoms with Gasteiger partial charge in [-0.15, -0.1) is 0 Å². The summed E-state index contributed by atoms with van der Waals surface area (Å²) >= 11 is 0. The molecule has 8 rings (SSSR count). The molecule has 2 fully saturated rings. The predicted molar refractivity (Wildman–Crippen MR) is 164 cm³/mol. The van der Waals surface area contributed by atoms with E-state index < -0.39 is 11.3 Å². The van der Waals surface area contributed by atoms with Gasteiger partial charge in [0.05, 0.1) is 16.8 Å². The van der Waals surface area contributed by atoms with E-state index in [-0.39, 0.29) is 59.3 Å². The number of nitrogens with one attached hydrogen (secondary N) is 1. The molecule has 5 aliphatic rings. The van der Waals surface area contributed by atoms with Crippen LogP contribution < -0.4 is 10.4 Å². The van der Waals surface area contributed by atoms with E-state index in [0.717, 1.165) is 18.4 Å². The van der Waals surface area contributed by atoms with Gasteiger partial charge in [0.2, 0.25) is 0 Å². The Kier molecular flexibility index (Phi) is 6.45. The summed E-state index contributed by atoms with van der Waals surface area (Å²) in [5, 5.41) is 6.15. The van der Waals surface area contributed by atoms with Gasteiger partial charge in [-0.2, -0.15) is 13.9 Å². The van der Waals surface area contributed by atoms with Crippen LogP contribution in [0.5, 0.6) is 0 Å². The number of benzene rings is 1. The van der Waals surface area contributed by atoms with Crippen molar-refractivity contribution in [3.05, 3.63) is 112 Å². The molecular formula is C35H33F3N6O2. The lowest BCUT2D eigenvalue weighted by molar-refractivity contribution is 0.0417. The fourth-order valence-corrected chi connectivity index (χ4v) is 7.77. The lowest BCUT2D eigenvalue weighted by Crippen LogP contribution is -2.51. The smallest absolute Gasteiger partial charge is 0.295 e. The van der Waals surface area contributed by atoms with Crippen LogP contribution >= 0.6 is 0 Å². The van der Waals surface area contributed by atoms with Gasteiger partial charge in [0.1, 0.15) is 17.2 Å². The van der Waals surface area contributed by atoms with E-state index in [1.807, 2.05) is 11.0 Å². The molecule has 2 aromatic heterocycles. The number of aryl methyl sites for hydroxylation is 1. The fraction of sp³-hybridized carbons (Fsp3) is 0.371. The first kappa shape index (κ1) is 28.9. The molecule has 2 heterocycles. The number of hydrogen-bond acceptors (Lipinski definition) is 6. The molecule has 4 bridgehead atoms. The molecule has 0 unspecified atom stereocenters. The third-order valence-corrected chi connectivity index (χ3v) is 10.2. The van der Waals surface area contributed by atoms with E-state index in [1.54, 1.807) is 48.2 Å². The van der Waals surface area contributed by atoms with Gasteiger partial charge in [-0.05, 0) is 98.2 Å². The molecule has 46 heavy (non-hydrogen) atoms. The minimum atomic E-state index is -3.26. The standard InChI is InChI=1S/C35H33F3N6O2/c1-39-44(24-7-4-22(36)5-8-24)31-16-20-3-6-25(43(23-9-10-23)33(46)29-12-14-42(2)41-29)18-34(20)19-27(31)26-17-28(26)35(37,38)21-11-13-40-30(15-21)32(34)45/h4-5,7-8,11-16,23,25,39H,3,6,9-10,17-19H2,1-2H3/t25-,34+/m0/s1. The highest BCUT2D eigenvalue weighted by Gasteiger charge is 2.56. The van der Waals surface area contributed by atoms with E-state index in [1.165, 1.54) is 30.5 Å². The van der Waals surface area contributed by atoms with Gasteiger partial charge in [0.15, 0.2) is 5.78 Å². The van der Waals surface area contributed by atoms with Crippen LogP contribution in [-0.2, 0) is 13.0 Å². The second-order valence-corrected chi connectivity index (χ2v) is 13.0. The van der Waals surface area contributed by atoms with Gasteiger partial charge in [-0.1, -0.05) is 5.57 Å². The van der Waals surface area contributed by atoms with Crippen molar-refractivity contribution in [2.45, 2.75) is 63.0 Å². The maximum Gasteiger partial charge on any atom is 0.295 e. The molecule has 1 spiro atoms. The van der Waals surface area contributed by atoms with Crippen molar-refractivity contribution in [3.63, 3.8) is 0 Å². The average Bonchev–Trinajstić information content (AvgIpc) is 3.99. The molecule has 0 aliphatic heterocycles. The summed E-state index contributed by atoms with van der Waals surface area (Å²) < 4.78 is 47.4. The van der Waals surface area contributed by atoms with Crippen LogP contribution in [0.15, 0.2) is 88.9 Å². The lowest BCUT2D eigenvalue weighted by Gasteiger charge is -2.48. The van der Waals surface area contributed by atoms with Crippen LogP contribution in [0.1, 0.15) is 71.5 Å². The Balaban J connectivity index is 1.29. The molecule has 1 aromatic carbocycles. The summed E-state index contributed by atoms with van der Waals surface area (Å²) in [7, 11) is 3.49. The zero-order valence-corrected chi connectivity index (χ0v) is 25.6. The van der Waals surface area contributed by atoms with Gasteiger partial charge in [0.25, 0.3) is 11.8 Å². The Morgan fingerprint density at radius 3 is 2.54 bits per heavy atom. The molecule has 2 atom stereocenters. The van der Waals surface area contributed by atoms with E-state index in [0.29, 0.717) is 47.5 Å². The number of hydrogen-bond donors (Lipinski definition) is 1. The SMILES string of the molecule is CNN(C1=C2C[C@@]3(C[C@@H](N(C(=O)c4ccn(C)n4)C4CC4)CCC3=C1)C(=O)c1cc(ccn1)C(F)(F)C1=C2C1)c1ccc(F)cc1. The van der Waals surface area contributed by atoms with Gasteiger partial charge in [-0.3, -0.25) is 24.3 Å². The summed E-state index contributed by atoms with van der Waals surface area (Å²) in [6.45, 7) is 0. The third-order valence-electron chi connectivity index (χ3n) is 10.2.